The number of alkyl halides is 3. The van der Waals surface area contributed by atoms with Gasteiger partial charge in [0.2, 0.25) is 0 Å². The van der Waals surface area contributed by atoms with Gasteiger partial charge in [-0.2, -0.15) is 13.2 Å². The molecule has 1 aliphatic heterocycles. The highest BCUT2D eigenvalue weighted by Gasteiger charge is 2.38. The molecule has 4 aromatic rings. The highest BCUT2D eigenvalue weighted by Crippen LogP contribution is 2.37. The molecular formula is C26H18F3N3O3S2. The minimum atomic E-state index is -4.48. The zero-order chi connectivity index (χ0) is 26.5. The largest absolute Gasteiger partial charge is 0.457 e. The molecule has 0 atom stereocenters. The van der Waals surface area contributed by atoms with Gasteiger partial charge < -0.3 is 4.42 Å². The van der Waals surface area contributed by atoms with E-state index in [-0.39, 0.29) is 32.0 Å². The van der Waals surface area contributed by atoms with Gasteiger partial charge in [0.05, 0.1) is 21.8 Å². The van der Waals surface area contributed by atoms with E-state index in [9.17, 15) is 22.8 Å². The van der Waals surface area contributed by atoms with Crippen molar-refractivity contribution in [3.05, 3.63) is 99.0 Å². The average Bonchev–Trinajstić information content (AvgIpc) is 3.50. The highest BCUT2D eigenvalue weighted by molar-refractivity contribution is 8.27. The maximum atomic E-state index is 13.4. The van der Waals surface area contributed by atoms with E-state index in [1.807, 2.05) is 18.2 Å². The van der Waals surface area contributed by atoms with E-state index >= 15 is 0 Å². The number of furan rings is 1. The topological polar surface area (TPSA) is 60.4 Å². The maximum Gasteiger partial charge on any atom is 0.416 e. The van der Waals surface area contributed by atoms with Crippen molar-refractivity contribution < 1.29 is 22.4 Å². The number of thioether (sulfide) groups is 1. The van der Waals surface area contributed by atoms with Crippen LogP contribution in [0, 0.1) is 6.92 Å². The summed E-state index contributed by atoms with van der Waals surface area (Å²) in [5.74, 6) is -0.00472. The van der Waals surface area contributed by atoms with Crippen molar-refractivity contribution in [1.29, 1.82) is 0 Å². The zero-order valence-corrected chi connectivity index (χ0v) is 21.1. The van der Waals surface area contributed by atoms with Crippen molar-refractivity contribution in [2.24, 2.45) is 7.05 Å². The molecule has 1 amide bonds. The second-order valence-electron chi connectivity index (χ2n) is 8.21. The number of carbonyl (C=O) groups is 1. The van der Waals surface area contributed by atoms with Crippen LogP contribution in [0.25, 0.3) is 23.1 Å². The van der Waals surface area contributed by atoms with Crippen LogP contribution >= 0.6 is 24.0 Å². The van der Waals surface area contributed by atoms with Crippen LogP contribution in [0.3, 0.4) is 0 Å². The fraction of sp³-hybridized carbons (Fsp3) is 0.115. The van der Waals surface area contributed by atoms with Crippen molar-refractivity contribution in [2.75, 3.05) is 4.90 Å². The monoisotopic (exact) mass is 541 g/mol. The van der Waals surface area contributed by atoms with Crippen molar-refractivity contribution in [3.8, 4) is 17.0 Å². The summed E-state index contributed by atoms with van der Waals surface area (Å²) in [5, 5.41) is 0. The lowest BCUT2D eigenvalue weighted by Gasteiger charge is -2.12. The Balaban J connectivity index is 1.47. The standard InChI is InChI=1S/C26H18F3N3O3S2/c1-15-22(24(34)32(30(15)2)18-9-4-3-5-10-18)31-23(33)21(37-25(31)36)14-19-11-12-20(35-19)16-7-6-8-17(13-16)26(27,28)29/h3-14H,1-2H3/b21-14+. The molecule has 5 rings (SSSR count). The Morgan fingerprint density at radius 2 is 1.73 bits per heavy atom. The predicted molar refractivity (Wildman–Crippen MR) is 141 cm³/mol. The normalized spacial score (nSPS) is 15.3. The maximum absolute atomic E-state index is 13.4. The molecule has 0 spiro atoms. The van der Waals surface area contributed by atoms with Gasteiger partial charge in [-0.25, -0.2) is 4.68 Å². The SMILES string of the molecule is Cc1c(N2C(=O)/C(=C\c3ccc(-c4cccc(C(F)(F)F)c4)o3)SC2=S)c(=O)n(-c2ccccc2)n1C. The van der Waals surface area contributed by atoms with Gasteiger partial charge >= 0.3 is 6.18 Å². The quantitative estimate of drug-likeness (QED) is 0.229. The molecule has 11 heteroatoms. The number of rotatable bonds is 4. The molecule has 0 aliphatic carbocycles. The zero-order valence-electron chi connectivity index (χ0n) is 19.4. The summed E-state index contributed by atoms with van der Waals surface area (Å²) in [7, 11) is 1.72. The number of halogens is 3. The molecule has 1 aliphatic rings. The lowest BCUT2D eigenvalue weighted by molar-refractivity contribution is -0.137. The van der Waals surface area contributed by atoms with Gasteiger partial charge in [0.1, 0.15) is 17.2 Å². The average molecular weight is 542 g/mol. The molecule has 1 saturated heterocycles. The lowest BCUT2D eigenvalue weighted by atomic mass is 10.1. The fourth-order valence-electron chi connectivity index (χ4n) is 4.04. The van der Waals surface area contributed by atoms with E-state index in [1.165, 1.54) is 33.9 Å². The van der Waals surface area contributed by atoms with Crippen molar-refractivity contribution in [2.45, 2.75) is 13.1 Å². The van der Waals surface area contributed by atoms with Gasteiger partial charge in [-0.1, -0.05) is 54.3 Å². The molecule has 0 saturated carbocycles. The van der Waals surface area contributed by atoms with Crippen LogP contribution in [0.15, 0.2) is 80.8 Å². The first-order chi connectivity index (χ1) is 17.6. The van der Waals surface area contributed by atoms with E-state index in [0.29, 0.717) is 11.4 Å². The summed E-state index contributed by atoms with van der Waals surface area (Å²) >= 11 is 6.46. The molecule has 0 unspecified atom stereocenters. The summed E-state index contributed by atoms with van der Waals surface area (Å²) in [6.45, 7) is 1.73. The Labute approximate surface area is 218 Å². The first kappa shape index (κ1) is 24.8. The Morgan fingerprint density at radius 3 is 2.43 bits per heavy atom. The molecule has 0 bridgehead atoms. The number of hydrogen-bond donors (Lipinski definition) is 0. The summed E-state index contributed by atoms with van der Waals surface area (Å²) in [5.41, 5.74) is 0.417. The first-order valence-electron chi connectivity index (χ1n) is 11.0. The Morgan fingerprint density at radius 1 is 1.00 bits per heavy atom. The molecule has 3 heterocycles. The van der Waals surface area contributed by atoms with E-state index in [2.05, 4.69) is 0 Å². The lowest BCUT2D eigenvalue weighted by Crippen LogP contribution is -2.33. The third-order valence-corrected chi connectivity index (χ3v) is 7.22. The second kappa shape index (κ2) is 9.24. The van der Waals surface area contributed by atoms with E-state index in [1.54, 1.807) is 36.9 Å². The van der Waals surface area contributed by atoms with Crippen molar-refractivity contribution in [1.82, 2.24) is 9.36 Å². The molecule has 6 nitrogen and oxygen atoms in total. The van der Waals surface area contributed by atoms with Gasteiger partial charge in [0.25, 0.3) is 11.5 Å². The minimum absolute atomic E-state index is 0.154. The van der Waals surface area contributed by atoms with Crippen LogP contribution in [-0.2, 0) is 18.0 Å². The molecule has 188 valence electrons. The molecular weight excluding hydrogens is 523 g/mol. The molecule has 2 aromatic heterocycles. The van der Waals surface area contributed by atoms with Crippen molar-refractivity contribution in [3.63, 3.8) is 0 Å². The first-order valence-corrected chi connectivity index (χ1v) is 12.2. The summed E-state index contributed by atoms with van der Waals surface area (Å²) in [4.78, 5) is 28.1. The van der Waals surface area contributed by atoms with Crippen LogP contribution in [-0.4, -0.2) is 19.6 Å². The number of aromatic nitrogens is 2. The van der Waals surface area contributed by atoms with Crippen LogP contribution in [0.1, 0.15) is 17.0 Å². The number of anilines is 1. The van der Waals surface area contributed by atoms with Gasteiger partial charge in [0, 0.05) is 18.7 Å². The van der Waals surface area contributed by atoms with Gasteiger partial charge in [-0.3, -0.25) is 19.2 Å². The van der Waals surface area contributed by atoms with Crippen LogP contribution < -0.4 is 10.5 Å². The second-order valence-corrected chi connectivity index (χ2v) is 9.88. The summed E-state index contributed by atoms with van der Waals surface area (Å²) < 4.78 is 48.2. The number of hydrogen-bond acceptors (Lipinski definition) is 5. The van der Waals surface area contributed by atoms with E-state index in [0.717, 1.165) is 23.9 Å². The third kappa shape index (κ3) is 4.44. The molecule has 0 N–H and O–H groups in total. The van der Waals surface area contributed by atoms with Crippen LogP contribution in [0.2, 0.25) is 0 Å². The number of para-hydroxylation sites is 1. The number of nitrogens with zero attached hydrogens (tertiary/aromatic N) is 3. The molecule has 37 heavy (non-hydrogen) atoms. The fourth-order valence-corrected chi connectivity index (χ4v) is 5.29. The van der Waals surface area contributed by atoms with Gasteiger partial charge in [-0.15, -0.1) is 0 Å². The number of carbonyl (C=O) groups excluding carboxylic acids is 1. The smallest absolute Gasteiger partial charge is 0.416 e. The highest BCUT2D eigenvalue weighted by atomic mass is 32.2. The Hall–Kier alpha value is -3.83. The Bertz CT molecular complexity index is 1630. The molecule has 2 aromatic carbocycles. The molecule has 0 radical (unpaired) electrons. The molecule has 1 fully saturated rings. The minimum Gasteiger partial charge on any atom is -0.457 e. The third-order valence-electron chi connectivity index (χ3n) is 5.92. The number of amides is 1. The predicted octanol–water partition coefficient (Wildman–Crippen LogP) is 6.17. The van der Waals surface area contributed by atoms with Gasteiger partial charge in [-0.05, 0) is 43.3 Å². The number of thiocarbonyl (C=S) groups is 1. The number of benzene rings is 2. The summed E-state index contributed by atoms with van der Waals surface area (Å²) in [6.07, 6.45) is -3.02. The Kier molecular flexibility index (Phi) is 6.20. The van der Waals surface area contributed by atoms with E-state index < -0.39 is 23.2 Å². The van der Waals surface area contributed by atoms with Crippen LogP contribution in [0.5, 0.6) is 0 Å². The summed E-state index contributed by atoms with van der Waals surface area (Å²) in [6, 6.07) is 16.9. The van der Waals surface area contributed by atoms with Gasteiger partial charge in [0.15, 0.2) is 4.32 Å². The van der Waals surface area contributed by atoms with E-state index in [4.69, 9.17) is 16.6 Å². The van der Waals surface area contributed by atoms with Crippen LogP contribution in [0.4, 0.5) is 18.9 Å². The van der Waals surface area contributed by atoms with Crippen molar-refractivity contribution >= 4 is 46.0 Å².